The molecule has 3 aromatic rings. The summed E-state index contributed by atoms with van der Waals surface area (Å²) >= 11 is 1.24. The van der Waals surface area contributed by atoms with Crippen LogP contribution in [-0.4, -0.2) is 30.0 Å². The number of benzene rings is 1. The predicted molar refractivity (Wildman–Crippen MR) is 86.1 cm³/mol. The summed E-state index contributed by atoms with van der Waals surface area (Å²) in [6, 6.07) is 10.2. The van der Waals surface area contributed by atoms with Gasteiger partial charge in [0.15, 0.2) is 11.6 Å². The fourth-order valence-corrected chi connectivity index (χ4v) is 2.92. The lowest BCUT2D eigenvalue weighted by Gasteiger charge is -2.09. The second-order valence-corrected chi connectivity index (χ2v) is 5.98. The fraction of sp³-hybridized carbons (Fsp3) is 0.125. The van der Waals surface area contributed by atoms with Crippen LogP contribution in [0.2, 0.25) is 0 Å². The van der Waals surface area contributed by atoms with Crippen LogP contribution in [0.15, 0.2) is 36.5 Å². The lowest BCUT2D eigenvalue weighted by molar-refractivity contribution is 0.0861. The number of rotatable bonds is 4. The largest absolute Gasteiger partial charge is 0.453 e. The van der Waals surface area contributed by atoms with Crippen LogP contribution in [0.4, 0.5) is 4.39 Å². The Balaban J connectivity index is 1.97. The van der Waals surface area contributed by atoms with E-state index >= 15 is 0 Å². The maximum atomic E-state index is 13.7. The normalized spacial score (nSPS) is 11.0. The summed E-state index contributed by atoms with van der Waals surface area (Å²) in [7, 11) is 3.46. The first-order chi connectivity index (χ1) is 11.0. The van der Waals surface area contributed by atoms with Crippen LogP contribution in [-0.2, 0) is 0 Å². The molecule has 0 aliphatic carbocycles. The molecule has 23 heavy (non-hydrogen) atoms. The topological polar surface area (TPSA) is 54.5 Å². The molecule has 3 rings (SSSR count). The van der Waals surface area contributed by atoms with Crippen LogP contribution < -0.4 is 10.2 Å². The van der Waals surface area contributed by atoms with Crippen LogP contribution in [0.5, 0.6) is 11.5 Å². The van der Waals surface area contributed by atoms with Crippen molar-refractivity contribution in [2.24, 2.45) is 0 Å². The summed E-state index contributed by atoms with van der Waals surface area (Å²) in [5.41, 5.74) is 3.29. The van der Waals surface area contributed by atoms with Crippen LogP contribution in [0.3, 0.4) is 0 Å². The molecule has 0 fully saturated rings. The first-order valence-corrected chi connectivity index (χ1v) is 7.56. The predicted octanol–water partition coefficient (Wildman–Crippen LogP) is 3.23. The van der Waals surface area contributed by atoms with Gasteiger partial charge < -0.3 is 4.74 Å². The van der Waals surface area contributed by atoms with E-state index in [0.29, 0.717) is 20.8 Å². The van der Waals surface area contributed by atoms with E-state index in [0.717, 1.165) is 0 Å². The Morgan fingerprint density at radius 1 is 1.39 bits per heavy atom. The van der Waals surface area contributed by atoms with Crippen LogP contribution in [0, 0.1) is 11.9 Å². The molecular formula is C16H13FN3O2S. The number of fused-ring (bicyclic) bond motifs is 1. The Morgan fingerprint density at radius 2 is 2.22 bits per heavy atom. The molecule has 0 saturated carbocycles. The molecule has 1 amide bonds. The van der Waals surface area contributed by atoms with Gasteiger partial charge in [-0.15, -0.1) is 11.3 Å². The highest BCUT2D eigenvalue weighted by atomic mass is 32.1. The fourth-order valence-electron chi connectivity index (χ4n) is 1.96. The number of aromatic nitrogens is 1. The van der Waals surface area contributed by atoms with Gasteiger partial charge >= 0.3 is 0 Å². The number of pyridine rings is 1. The smallest absolute Gasteiger partial charge is 0.275 e. The summed E-state index contributed by atoms with van der Waals surface area (Å²) in [5, 5.41) is 1.56. The van der Waals surface area contributed by atoms with E-state index in [1.807, 2.05) is 0 Å². The number of hydrogen-bond acceptors (Lipinski definition) is 5. The van der Waals surface area contributed by atoms with Gasteiger partial charge in [-0.05, 0) is 24.3 Å². The van der Waals surface area contributed by atoms with Gasteiger partial charge in [0.25, 0.3) is 5.91 Å². The minimum absolute atomic E-state index is 0.101. The van der Waals surface area contributed by atoms with Gasteiger partial charge in [-0.25, -0.2) is 9.40 Å². The first kappa shape index (κ1) is 15.4. The third-order valence-electron chi connectivity index (χ3n) is 2.92. The summed E-state index contributed by atoms with van der Waals surface area (Å²) in [6.45, 7) is 0. The van der Waals surface area contributed by atoms with Crippen molar-refractivity contribution < 1.29 is 13.9 Å². The molecule has 0 unspecified atom stereocenters. The Bertz CT molecular complexity index is 863. The molecular weight excluding hydrogens is 317 g/mol. The molecule has 0 aliphatic rings. The number of ether oxygens (including phenoxy) is 1. The van der Waals surface area contributed by atoms with Crippen molar-refractivity contribution in [3.05, 3.63) is 53.3 Å². The quantitative estimate of drug-likeness (QED) is 0.746. The van der Waals surface area contributed by atoms with E-state index in [1.165, 1.54) is 23.5 Å². The lowest BCUT2D eigenvalue weighted by Crippen LogP contribution is -2.35. The van der Waals surface area contributed by atoms with Crippen LogP contribution in [0.1, 0.15) is 9.67 Å². The molecule has 1 aromatic carbocycles. The molecule has 0 spiro atoms. The van der Waals surface area contributed by atoms with Crippen LogP contribution in [0.25, 0.3) is 10.2 Å². The van der Waals surface area contributed by atoms with E-state index < -0.39 is 5.82 Å². The molecule has 0 atom stereocenters. The Kier molecular flexibility index (Phi) is 4.22. The van der Waals surface area contributed by atoms with Gasteiger partial charge in [0.2, 0.25) is 0 Å². The number of thiophene rings is 1. The molecule has 5 nitrogen and oxygen atoms in total. The number of carbonyl (C=O) groups excluding carboxylic acids is 1. The molecule has 7 heteroatoms. The molecule has 1 radical (unpaired) electrons. The first-order valence-electron chi connectivity index (χ1n) is 6.75. The molecule has 1 N–H and O–H groups in total. The van der Waals surface area contributed by atoms with E-state index in [4.69, 9.17) is 4.74 Å². The molecule has 117 valence electrons. The monoisotopic (exact) mass is 330 g/mol. The second-order valence-electron chi connectivity index (χ2n) is 4.93. The SMILES string of the molecule is CN(C)NC(=O)c1cc2nccc(Oc3cc[c]cc3F)c2s1. The Labute approximate surface area is 136 Å². The Morgan fingerprint density at radius 3 is 2.96 bits per heavy atom. The minimum Gasteiger partial charge on any atom is -0.453 e. The number of hydrogen-bond donors (Lipinski definition) is 1. The maximum absolute atomic E-state index is 13.7. The summed E-state index contributed by atoms with van der Waals surface area (Å²) < 4.78 is 20.0. The number of hydrazine groups is 1. The average molecular weight is 330 g/mol. The van der Waals surface area contributed by atoms with Crippen molar-refractivity contribution in [2.75, 3.05) is 14.1 Å². The minimum atomic E-state index is -0.500. The van der Waals surface area contributed by atoms with Crippen molar-refractivity contribution in [3.63, 3.8) is 0 Å². The number of carbonyl (C=O) groups is 1. The number of halogens is 1. The van der Waals surface area contributed by atoms with Crippen molar-refractivity contribution in [2.45, 2.75) is 0 Å². The molecule has 2 heterocycles. The highest BCUT2D eigenvalue weighted by Crippen LogP contribution is 2.35. The van der Waals surface area contributed by atoms with Gasteiger partial charge in [-0.3, -0.25) is 15.2 Å². The van der Waals surface area contributed by atoms with Gasteiger partial charge in [0, 0.05) is 26.4 Å². The van der Waals surface area contributed by atoms with E-state index in [2.05, 4.69) is 16.5 Å². The third kappa shape index (κ3) is 3.30. The molecule has 0 bridgehead atoms. The van der Waals surface area contributed by atoms with Crippen molar-refractivity contribution >= 4 is 27.5 Å². The summed E-state index contributed by atoms with van der Waals surface area (Å²) in [6.07, 6.45) is 1.56. The zero-order valence-electron chi connectivity index (χ0n) is 12.5. The zero-order chi connectivity index (χ0) is 16.4. The summed E-state index contributed by atoms with van der Waals surface area (Å²) in [5.74, 6) is -0.179. The maximum Gasteiger partial charge on any atom is 0.275 e. The average Bonchev–Trinajstić information content (AvgIpc) is 2.94. The molecule has 0 aliphatic heterocycles. The lowest BCUT2D eigenvalue weighted by atomic mass is 10.3. The number of nitrogens with one attached hydrogen (secondary N) is 1. The number of amides is 1. The number of nitrogens with zero attached hydrogens (tertiary/aromatic N) is 2. The van der Waals surface area contributed by atoms with E-state index in [1.54, 1.807) is 43.5 Å². The second kappa shape index (κ2) is 6.31. The van der Waals surface area contributed by atoms with Gasteiger partial charge in [-0.2, -0.15) is 0 Å². The highest BCUT2D eigenvalue weighted by Gasteiger charge is 2.15. The summed E-state index contributed by atoms with van der Waals surface area (Å²) in [4.78, 5) is 16.8. The third-order valence-corrected chi connectivity index (χ3v) is 4.06. The van der Waals surface area contributed by atoms with Gasteiger partial charge in [0.1, 0.15) is 5.75 Å². The van der Waals surface area contributed by atoms with Crippen LogP contribution >= 0.6 is 11.3 Å². The van der Waals surface area contributed by atoms with Gasteiger partial charge in [-0.1, -0.05) is 6.07 Å². The highest BCUT2D eigenvalue weighted by molar-refractivity contribution is 7.21. The van der Waals surface area contributed by atoms with Gasteiger partial charge in [0.05, 0.1) is 15.1 Å². The van der Waals surface area contributed by atoms with E-state index in [-0.39, 0.29) is 11.7 Å². The zero-order valence-corrected chi connectivity index (χ0v) is 13.3. The van der Waals surface area contributed by atoms with Crippen molar-refractivity contribution in [1.82, 2.24) is 15.4 Å². The standard InChI is InChI=1S/C16H13FN3O2S/c1-20(2)19-16(21)14-9-11-15(23-14)13(7-8-18-11)22-12-6-4-3-5-10(12)17/h4-9H,1-2H3,(H,19,21). The molecule has 0 saturated heterocycles. The van der Waals surface area contributed by atoms with E-state index in [9.17, 15) is 9.18 Å². The Hall–Kier alpha value is -2.51. The van der Waals surface area contributed by atoms with Crippen molar-refractivity contribution in [1.29, 1.82) is 0 Å². The molecule has 2 aromatic heterocycles. The van der Waals surface area contributed by atoms with Crippen molar-refractivity contribution in [3.8, 4) is 11.5 Å².